The van der Waals surface area contributed by atoms with Crippen LogP contribution in [-0.2, 0) is 0 Å². The summed E-state index contributed by atoms with van der Waals surface area (Å²) in [5.74, 6) is -1.38. The van der Waals surface area contributed by atoms with Gasteiger partial charge in [-0.25, -0.2) is 18.7 Å². The van der Waals surface area contributed by atoms with Gasteiger partial charge in [-0.15, -0.1) is 24.5 Å². The van der Waals surface area contributed by atoms with Gasteiger partial charge < -0.3 is 25.6 Å². The van der Waals surface area contributed by atoms with E-state index < -0.39 is 43.0 Å². The molecule has 1 aliphatic rings. The molecule has 5 rings (SSSR count). The Bertz CT molecular complexity index is 1480. The fraction of sp³-hybridized carbons (Fsp3) is 0.370. The molecule has 0 radical (unpaired) electrons. The zero-order chi connectivity index (χ0) is 29.5. The van der Waals surface area contributed by atoms with Crippen molar-refractivity contribution in [2.75, 3.05) is 10.6 Å². The normalized spacial score (nSPS) is 21.8. The van der Waals surface area contributed by atoms with Crippen molar-refractivity contribution < 1.29 is 36.9 Å². The van der Waals surface area contributed by atoms with E-state index in [2.05, 4.69) is 30.3 Å². The van der Waals surface area contributed by atoms with Crippen LogP contribution in [0.4, 0.5) is 33.7 Å². The van der Waals surface area contributed by atoms with E-state index in [4.69, 9.17) is 0 Å². The molecule has 0 unspecified atom stereocenters. The number of aliphatic hydroxyl groups excluding tert-OH is 2. The Labute approximate surface area is 235 Å². The average Bonchev–Trinajstić information content (AvgIpc) is 3.44. The molecule has 0 saturated heterocycles. The van der Waals surface area contributed by atoms with E-state index in [-0.39, 0.29) is 23.9 Å². The van der Waals surface area contributed by atoms with E-state index in [1.807, 2.05) is 24.3 Å². The second kappa shape index (κ2) is 11.3. The fourth-order valence-corrected chi connectivity index (χ4v) is 5.91. The Hall–Kier alpha value is -3.62. The Balaban J connectivity index is 1.47. The molecule has 1 saturated carbocycles. The summed E-state index contributed by atoms with van der Waals surface area (Å²) in [7, 11) is 0. The third kappa shape index (κ3) is 6.34. The van der Waals surface area contributed by atoms with E-state index in [1.54, 1.807) is 13.8 Å². The topological polar surface area (TPSA) is 112 Å². The first kappa shape index (κ1) is 28.9. The third-order valence-electron chi connectivity index (χ3n) is 6.93. The molecule has 0 aliphatic heterocycles. The van der Waals surface area contributed by atoms with Crippen LogP contribution in [0.1, 0.15) is 30.6 Å². The number of rotatable bonds is 8. The first-order valence-electron chi connectivity index (χ1n) is 12.7. The monoisotopic (exact) mass is 595 g/mol. The lowest BCUT2D eigenvalue weighted by Crippen LogP contribution is -2.36. The highest BCUT2D eigenvalue weighted by molar-refractivity contribution is 7.21. The summed E-state index contributed by atoms with van der Waals surface area (Å²) in [5.41, 5.74) is 2.39. The third-order valence-corrected chi connectivity index (χ3v) is 7.98. The molecule has 0 spiro atoms. The largest absolute Gasteiger partial charge is 0.573 e. The number of aromatic nitrogens is 3. The van der Waals surface area contributed by atoms with E-state index in [0.717, 1.165) is 10.2 Å². The number of alkyl halides is 5. The van der Waals surface area contributed by atoms with Gasteiger partial charge in [0.1, 0.15) is 22.7 Å². The van der Waals surface area contributed by atoms with Gasteiger partial charge in [0.15, 0.2) is 0 Å². The minimum absolute atomic E-state index is 0.149. The summed E-state index contributed by atoms with van der Waals surface area (Å²) in [5, 5.41) is 27.5. The molecule has 1 fully saturated rings. The van der Waals surface area contributed by atoms with Crippen molar-refractivity contribution in [3.63, 3.8) is 0 Å². The number of thiazole rings is 1. The maximum absolute atomic E-state index is 13.5. The molecule has 2 aromatic heterocycles. The SMILES string of the molecule is Cc1nc(N[C@H](C)c2ccc(OC(F)(F)F)cc2)nc(N[C@@H]2C[C@H](C(F)F)[C@@H](O)[C@H]2O)c1-c1nc2ccccc2s1. The molecule has 4 N–H and O–H groups in total. The summed E-state index contributed by atoms with van der Waals surface area (Å²) in [6, 6.07) is 11.5. The Morgan fingerprint density at radius 3 is 2.34 bits per heavy atom. The smallest absolute Gasteiger partial charge is 0.406 e. The minimum atomic E-state index is -4.80. The van der Waals surface area contributed by atoms with E-state index in [1.165, 1.54) is 35.6 Å². The Kier molecular flexibility index (Phi) is 7.99. The zero-order valence-corrected chi connectivity index (χ0v) is 22.5. The van der Waals surface area contributed by atoms with Crippen molar-refractivity contribution in [2.24, 2.45) is 5.92 Å². The Morgan fingerprint density at radius 1 is 1.00 bits per heavy atom. The summed E-state index contributed by atoms with van der Waals surface area (Å²) in [4.78, 5) is 13.8. The fourth-order valence-electron chi connectivity index (χ4n) is 4.85. The van der Waals surface area contributed by atoms with Gasteiger partial charge in [-0.1, -0.05) is 24.3 Å². The van der Waals surface area contributed by atoms with Gasteiger partial charge in [-0.2, -0.15) is 4.98 Å². The van der Waals surface area contributed by atoms with Crippen molar-refractivity contribution in [3.8, 4) is 16.3 Å². The molecular formula is C27H26F5N5O3S. The van der Waals surface area contributed by atoms with Crippen LogP contribution >= 0.6 is 11.3 Å². The number of aliphatic hydroxyl groups is 2. The lowest BCUT2D eigenvalue weighted by atomic mass is 10.1. The predicted octanol–water partition coefficient (Wildman–Crippen LogP) is 5.92. The van der Waals surface area contributed by atoms with E-state index in [9.17, 15) is 32.2 Å². The molecule has 0 bridgehead atoms. The number of aryl methyl sites for hydroxylation is 1. The second-order valence-electron chi connectivity index (χ2n) is 9.79. The number of nitrogens with one attached hydrogen (secondary N) is 2. The minimum Gasteiger partial charge on any atom is -0.406 e. The van der Waals surface area contributed by atoms with Gasteiger partial charge in [0.2, 0.25) is 12.4 Å². The molecule has 2 heterocycles. The van der Waals surface area contributed by atoms with Gasteiger partial charge in [0.05, 0.1) is 45.6 Å². The molecule has 0 amide bonds. The summed E-state index contributed by atoms with van der Waals surface area (Å²) in [6.45, 7) is 3.49. The molecule has 4 aromatic rings. The number of anilines is 2. The van der Waals surface area contributed by atoms with Crippen LogP contribution in [0.3, 0.4) is 0 Å². The van der Waals surface area contributed by atoms with Crippen molar-refractivity contribution in [1.82, 2.24) is 15.0 Å². The van der Waals surface area contributed by atoms with Gasteiger partial charge >= 0.3 is 6.36 Å². The van der Waals surface area contributed by atoms with Crippen LogP contribution in [0.2, 0.25) is 0 Å². The maximum Gasteiger partial charge on any atom is 0.573 e. The first-order valence-corrected chi connectivity index (χ1v) is 13.5. The lowest BCUT2D eigenvalue weighted by molar-refractivity contribution is -0.274. The van der Waals surface area contributed by atoms with Crippen LogP contribution in [0.5, 0.6) is 5.75 Å². The Morgan fingerprint density at radius 2 is 1.71 bits per heavy atom. The first-order chi connectivity index (χ1) is 19.4. The standard InChI is InChI=1S/C27H26F5N5O3S/c1-12(14-7-9-15(10-8-14)40-27(30,31)32)33-26-34-13(2)20(25-36-17-5-3-4-6-19(17)41-25)24(37-26)35-18-11-16(23(28)29)21(38)22(18)39/h3-10,12,16,18,21-23,38-39H,11H2,1-2H3,(H2,33,34,35,37)/t12-,16+,18-,21-,22+/m1/s1. The zero-order valence-electron chi connectivity index (χ0n) is 21.7. The van der Waals surface area contributed by atoms with Crippen LogP contribution in [0.25, 0.3) is 20.8 Å². The molecule has 2 aromatic carbocycles. The molecule has 41 heavy (non-hydrogen) atoms. The highest BCUT2D eigenvalue weighted by atomic mass is 32.1. The van der Waals surface area contributed by atoms with Gasteiger partial charge in [0.25, 0.3) is 0 Å². The molecule has 218 valence electrons. The van der Waals surface area contributed by atoms with Gasteiger partial charge in [-0.3, -0.25) is 0 Å². The second-order valence-corrected chi connectivity index (χ2v) is 10.8. The van der Waals surface area contributed by atoms with Crippen molar-refractivity contribution in [3.05, 3.63) is 59.8 Å². The summed E-state index contributed by atoms with van der Waals surface area (Å²) in [6.07, 6.45) is -10.9. The van der Waals surface area contributed by atoms with Gasteiger partial charge in [-0.05, 0) is 50.1 Å². The molecule has 5 atom stereocenters. The number of fused-ring (bicyclic) bond motifs is 1. The predicted molar refractivity (Wildman–Crippen MR) is 144 cm³/mol. The van der Waals surface area contributed by atoms with E-state index in [0.29, 0.717) is 21.8 Å². The molecule has 14 heteroatoms. The number of ether oxygens (including phenoxy) is 1. The number of benzene rings is 2. The molecule has 8 nitrogen and oxygen atoms in total. The van der Waals surface area contributed by atoms with Gasteiger partial charge in [0, 0.05) is 0 Å². The maximum atomic E-state index is 13.5. The highest BCUT2D eigenvalue weighted by Gasteiger charge is 2.46. The summed E-state index contributed by atoms with van der Waals surface area (Å²) >= 11 is 1.39. The van der Waals surface area contributed by atoms with Crippen molar-refractivity contribution >= 4 is 33.3 Å². The molecule has 1 aliphatic carbocycles. The number of hydrogen-bond donors (Lipinski definition) is 4. The van der Waals surface area contributed by atoms with Crippen LogP contribution in [-0.4, -0.2) is 56.2 Å². The average molecular weight is 596 g/mol. The van der Waals surface area contributed by atoms with Crippen molar-refractivity contribution in [1.29, 1.82) is 0 Å². The number of halogens is 5. The van der Waals surface area contributed by atoms with Crippen molar-refractivity contribution in [2.45, 2.75) is 57.3 Å². The van der Waals surface area contributed by atoms with Crippen LogP contribution < -0.4 is 15.4 Å². The number of nitrogens with zero attached hydrogens (tertiary/aromatic N) is 3. The lowest BCUT2D eigenvalue weighted by Gasteiger charge is -2.22. The van der Waals surface area contributed by atoms with E-state index >= 15 is 0 Å². The van der Waals surface area contributed by atoms with Crippen LogP contribution in [0.15, 0.2) is 48.5 Å². The quantitative estimate of drug-likeness (QED) is 0.186. The summed E-state index contributed by atoms with van der Waals surface area (Å²) < 4.78 is 69.3. The number of hydrogen-bond acceptors (Lipinski definition) is 9. The van der Waals surface area contributed by atoms with Crippen LogP contribution in [0, 0.1) is 12.8 Å². The molecular weight excluding hydrogens is 569 g/mol. The highest BCUT2D eigenvalue weighted by Crippen LogP contribution is 2.39. The number of para-hydroxylation sites is 1.